The molecule has 0 spiro atoms. The van der Waals surface area contributed by atoms with Gasteiger partial charge in [-0.3, -0.25) is 10.1 Å². The quantitative estimate of drug-likeness (QED) is 0.385. The third-order valence-corrected chi connectivity index (χ3v) is 4.37. The molecule has 7 nitrogen and oxygen atoms in total. The number of nitrogens with one attached hydrogen (secondary N) is 3. The Morgan fingerprint density at radius 3 is 2.47 bits per heavy atom. The normalized spacial score (nSPS) is 11.4. The van der Waals surface area contributed by atoms with E-state index in [1.54, 1.807) is 36.5 Å². The maximum atomic E-state index is 12.8. The van der Waals surface area contributed by atoms with Gasteiger partial charge in [0.25, 0.3) is 0 Å². The molecule has 0 bridgehead atoms. The summed E-state index contributed by atoms with van der Waals surface area (Å²) in [6, 6.07) is 12.3. The summed E-state index contributed by atoms with van der Waals surface area (Å²) in [5.41, 5.74) is 7.70. The lowest BCUT2D eigenvalue weighted by Gasteiger charge is -2.11. The van der Waals surface area contributed by atoms with E-state index in [1.165, 1.54) is 12.1 Å². The molecule has 4 rings (SSSR count). The monoisotopic (exact) mass is 412 g/mol. The van der Waals surface area contributed by atoms with E-state index in [9.17, 15) is 18.0 Å². The van der Waals surface area contributed by atoms with Crippen molar-refractivity contribution in [2.75, 3.05) is 16.4 Å². The maximum absolute atomic E-state index is 12.8. The molecule has 0 atom stereocenters. The topological polar surface area (TPSA) is 109 Å². The van der Waals surface area contributed by atoms with Crippen LogP contribution >= 0.6 is 0 Å². The molecule has 152 valence electrons. The van der Waals surface area contributed by atoms with Crippen molar-refractivity contribution in [2.45, 2.75) is 6.18 Å². The van der Waals surface area contributed by atoms with E-state index in [-0.39, 0.29) is 5.69 Å². The van der Waals surface area contributed by atoms with E-state index in [4.69, 9.17) is 5.73 Å². The minimum Gasteiger partial charge on any atom is -0.382 e. The highest BCUT2D eigenvalue weighted by Crippen LogP contribution is 2.31. The zero-order valence-corrected chi connectivity index (χ0v) is 15.3. The Hall–Kier alpha value is -4.08. The first-order valence-corrected chi connectivity index (χ1v) is 8.75. The number of carbonyl (C=O) groups is 1. The van der Waals surface area contributed by atoms with Crippen molar-refractivity contribution in [1.29, 1.82) is 0 Å². The van der Waals surface area contributed by atoms with Crippen molar-refractivity contribution in [1.82, 2.24) is 15.2 Å². The number of nitrogens with zero attached hydrogens (tertiary/aromatic N) is 2. The van der Waals surface area contributed by atoms with Crippen molar-refractivity contribution >= 4 is 34.1 Å². The highest BCUT2D eigenvalue weighted by Gasteiger charge is 2.30. The number of amides is 2. The van der Waals surface area contributed by atoms with Crippen LogP contribution in [0.25, 0.3) is 22.2 Å². The van der Waals surface area contributed by atoms with Crippen molar-refractivity contribution < 1.29 is 18.0 Å². The van der Waals surface area contributed by atoms with Crippen LogP contribution in [-0.4, -0.2) is 21.2 Å². The molecule has 2 amide bonds. The number of anilines is 3. The average molecular weight is 412 g/mol. The number of aromatic amines is 1. The van der Waals surface area contributed by atoms with Crippen LogP contribution in [0.4, 0.5) is 35.2 Å². The number of nitrogen functional groups attached to an aromatic ring is 1. The molecule has 5 N–H and O–H groups in total. The van der Waals surface area contributed by atoms with Gasteiger partial charge in [-0.1, -0.05) is 18.2 Å². The Bertz CT molecular complexity index is 1220. The number of benzene rings is 2. The number of alkyl halides is 3. The predicted molar refractivity (Wildman–Crippen MR) is 108 cm³/mol. The van der Waals surface area contributed by atoms with Gasteiger partial charge >= 0.3 is 12.2 Å². The largest absolute Gasteiger partial charge is 0.416 e. The van der Waals surface area contributed by atoms with Crippen molar-refractivity contribution in [3.63, 3.8) is 0 Å². The Balaban J connectivity index is 1.49. The molecule has 0 aliphatic heterocycles. The van der Waals surface area contributed by atoms with Crippen LogP contribution < -0.4 is 16.4 Å². The minimum atomic E-state index is -4.49. The number of nitrogens with two attached hydrogens (primary N) is 1. The van der Waals surface area contributed by atoms with Gasteiger partial charge in [-0.05, 0) is 36.4 Å². The van der Waals surface area contributed by atoms with Gasteiger partial charge in [-0.2, -0.15) is 18.3 Å². The van der Waals surface area contributed by atoms with Gasteiger partial charge in [0.1, 0.15) is 0 Å². The second kappa shape index (κ2) is 7.39. The number of urea groups is 1. The Morgan fingerprint density at radius 1 is 1.00 bits per heavy atom. The van der Waals surface area contributed by atoms with Gasteiger partial charge in [0.05, 0.1) is 22.2 Å². The van der Waals surface area contributed by atoms with Gasteiger partial charge in [-0.25, -0.2) is 4.79 Å². The summed E-state index contributed by atoms with van der Waals surface area (Å²) in [5, 5.41) is 12.5. The molecule has 2 heterocycles. The molecular weight excluding hydrogens is 397 g/mol. The molecule has 0 aliphatic rings. The molecule has 0 fully saturated rings. The molecule has 0 saturated heterocycles. The van der Waals surface area contributed by atoms with E-state index < -0.39 is 17.8 Å². The molecule has 2 aromatic heterocycles. The van der Waals surface area contributed by atoms with E-state index in [0.29, 0.717) is 22.6 Å². The first kappa shape index (κ1) is 19.2. The lowest BCUT2D eigenvalue weighted by atomic mass is 10.1. The van der Waals surface area contributed by atoms with Crippen molar-refractivity contribution in [2.24, 2.45) is 0 Å². The number of rotatable bonds is 3. The minimum absolute atomic E-state index is 0.0326. The fourth-order valence-electron chi connectivity index (χ4n) is 2.99. The lowest BCUT2D eigenvalue weighted by Crippen LogP contribution is -2.19. The second-order valence-corrected chi connectivity index (χ2v) is 6.43. The Morgan fingerprint density at radius 2 is 1.73 bits per heavy atom. The van der Waals surface area contributed by atoms with Gasteiger partial charge in [0.15, 0.2) is 5.82 Å². The van der Waals surface area contributed by atoms with E-state index in [2.05, 4.69) is 25.8 Å². The zero-order valence-electron chi connectivity index (χ0n) is 15.3. The fraction of sp³-hybridized carbons (Fsp3) is 0.0500. The zero-order chi connectivity index (χ0) is 21.3. The average Bonchev–Trinajstić information content (AvgIpc) is 3.09. The molecule has 0 aliphatic carbocycles. The van der Waals surface area contributed by atoms with Crippen LogP contribution in [-0.2, 0) is 6.18 Å². The smallest absolute Gasteiger partial charge is 0.382 e. The Labute approximate surface area is 168 Å². The summed E-state index contributed by atoms with van der Waals surface area (Å²) in [6.45, 7) is 0. The highest BCUT2D eigenvalue weighted by molar-refractivity contribution is 6.01. The van der Waals surface area contributed by atoms with Gasteiger partial charge < -0.3 is 16.4 Å². The summed E-state index contributed by atoms with van der Waals surface area (Å²) >= 11 is 0. The molecule has 2 aromatic carbocycles. The molecule has 4 aromatic rings. The third-order valence-electron chi connectivity index (χ3n) is 4.37. The summed E-state index contributed by atoms with van der Waals surface area (Å²) < 4.78 is 38.4. The summed E-state index contributed by atoms with van der Waals surface area (Å²) in [5.74, 6) is 0.329. The number of carbonyl (C=O) groups excluding carboxylic acids is 1. The van der Waals surface area contributed by atoms with Crippen LogP contribution in [0.5, 0.6) is 0 Å². The fourth-order valence-corrected chi connectivity index (χ4v) is 2.99. The maximum Gasteiger partial charge on any atom is 0.416 e. The molecule has 30 heavy (non-hydrogen) atoms. The van der Waals surface area contributed by atoms with Gasteiger partial charge in [0.2, 0.25) is 0 Å². The van der Waals surface area contributed by atoms with E-state index in [1.807, 2.05) is 0 Å². The molecule has 10 heteroatoms. The Kier molecular flexibility index (Phi) is 4.74. The van der Waals surface area contributed by atoms with E-state index >= 15 is 0 Å². The number of aromatic nitrogens is 3. The van der Waals surface area contributed by atoms with Crippen molar-refractivity contribution in [3.05, 3.63) is 66.4 Å². The first-order chi connectivity index (χ1) is 14.3. The lowest BCUT2D eigenvalue weighted by molar-refractivity contribution is -0.137. The summed E-state index contributed by atoms with van der Waals surface area (Å²) in [7, 11) is 0. The highest BCUT2D eigenvalue weighted by atomic mass is 19.4. The first-order valence-electron chi connectivity index (χ1n) is 8.75. The number of pyridine rings is 1. The number of hydrogen-bond acceptors (Lipinski definition) is 4. The molecule has 0 radical (unpaired) electrons. The number of H-pyrrole nitrogens is 1. The molecular formula is C20H15F3N6O. The standard InChI is InChI=1S/C20H15F3N6O/c21-20(22,23)12-2-1-3-14(10-12)27-19(30)26-13-6-4-11(5-7-13)17-16-15(8-9-25-17)28-29-18(16)24/h1-10H,(H3,24,28,29)(H2,26,27,30). The number of halogens is 3. The van der Waals surface area contributed by atoms with Crippen molar-refractivity contribution in [3.8, 4) is 11.3 Å². The molecule has 0 saturated carbocycles. The van der Waals surface area contributed by atoms with Gasteiger partial charge in [-0.15, -0.1) is 0 Å². The van der Waals surface area contributed by atoms with Crippen LogP contribution in [0.1, 0.15) is 5.56 Å². The van der Waals surface area contributed by atoms with Crippen LogP contribution in [0.2, 0.25) is 0 Å². The summed E-state index contributed by atoms with van der Waals surface area (Å²) in [6.07, 6.45) is -2.86. The van der Waals surface area contributed by atoms with Crippen LogP contribution in [0, 0.1) is 0 Å². The van der Waals surface area contributed by atoms with E-state index in [0.717, 1.165) is 23.2 Å². The summed E-state index contributed by atoms with van der Waals surface area (Å²) in [4.78, 5) is 16.5. The van der Waals surface area contributed by atoms with Crippen LogP contribution in [0.15, 0.2) is 60.8 Å². The van der Waals surface area contributed by atoms with Gasteiger partial charge in [0, 0.05) is 23.1 Å². The van der Waals surface area contributed by atoms with Crippen LogP contribution in [0.3, 0.4) is 0 Å². The second-order valence-electron chi connectivity index (χ2n) is 6.43. The third kappa shape index (κ3) is 3.88. The number of hydrogen-bond donors (Lipinski definition) is 4. The SMILES string of the molecule is Nc1n[nH]c2ccnc(-c3ccc(NC(=O)Nc4cccc(C(F)(F)F)c4)cc3)c12. The predicted octanol–water partition coefficient (Wildman–Crippen LogP) is 4.87. The molecule has 0 unspecified atom stereocenters. The number of fused-ring (bicyclic) bond motifs is 1.